The molecule has 8 heteroatoms. The van der Waals surface area contributed by atoms with Crippen molar-refractivity contribution in [1.82, 2.24) is 24.9 Å². The maximum absolute atomic E-state index is 11.5. The minimum Gasteiger partial charge on any atom is -0.437 e. The van der Waals surface area contributed by atoms with Gasteiger partial charge in [0.15, 0.2) is 23.1 Å². The molecule has 0 atom stereocenters. The van der Waals surface area contributed by atoms with Crippen LogP contribution in [0.1, 0.15) is 11.6 Å². The monoisotopic (exact) mass is 247 g/mol. The van der Waals surface area contributed by atoms with Crippen molar-refractivity contribution in [2.75, 3.05) is 0 Å². The van der Waals surface area contributed by atoms with Crippen molar-refractivity contribution in [2.24, 2.45) is 0 Å². The summed E-state index contributed by atoms with van der Waals surface area (Å²) in [6, 6.07) is 0. The van der Waals surface area contributed by atoms with Crippen molar-refractivity contribution in [3.63, 3.8) is 0 Å². The molecule has 0 bridgehead atoms. The first-order chi connectivity index (χ1) is 8.54. The largest absolute Gasteiger partial charge is 0.437 e. The van der Waals surface area contributed by atoms with Crippen molar-refractivity contribution >= 4 is 11.2 Å². The number of rotatable bonds is 1. The number of oxazole rings is 1. The van der Waals surface area contributed by atoms with Gasteiger partial charge in [-0.3, -0.25) is 14.8 Å². The molecule has 0 aliphatic rings. The summed E-state index contributed by atoms with van der Waals surface area (Å²) in [5.74, 6) is 1.31. The van der Waals surface area contributed by atoms with Gasteiger partial charge < -0.3 is 9.40 Å². The molecule has 92 valence electrons. The quantitative estimate of drug-likeness (QED) is 0.567. The van der Waals surface area contributed by atoms with Crippen LogP contribution in [0, 0.1) is 13.8 Å². The number of aromatic amines is 3. The van der Waals surface area contributed by atoms with Crippen molar-refractivity contribution in [2.45, 2.75) is 13.8 Å². The van der Waals surface area contributed by atoms with Crippen LogP contribution in [-0.4, -0.2) is 24.9 Å². The fourth-order valence-corrected chi connectivity index (χ4v) is 1.79. The molecule has 0 aromatic carbocycles. The molecular weight excluding hydrogens is 238 g/mol. The summed E-state index contributed by atoms with van der Waals surface area (Å²) in [6.45, 7) is 3.49. The molecule has 0 aliphatic heterocycles. The number of aromatic nitrogens is 5. The summed E-state index contributed by atoms with van der Waals surface area (Å²) in [6.07, 6.45) is 0. The van der Waals surface area contributed by atoms with E-state index in [-0.39, 0.29) is 11.2 Å². The van der Waals surface area contributed by atoms with Gasteiger partial charge in [0.25, 0.3) is 5.56 Å². The van der Waals surface area contributed by atoms with E-state index in [1.165, 1.54) is 0 Å². The Labute approximate surface area is 99.1 Å². The van der Waals surface area contributed by atoms with Crippen LogP contribution in [0.4, 0.5) is 0 Å². The molecule has 0 aliphatic carbocycles. The lowest BCUT2D eigenvalue weighted by atomic mass is 10.3. The molecule has 0 fully saturated rings. The van der Waals surface area contributed by atoms with Crippen LogP contribution in [0.2, 0.25) is 0 Å². The van der Waals surface area contributed by atoms with Crippen LogP contribution < -0.4 is 11.2 Å². The highest BCUT2D eigenvalue weighted by Crippen LogP contribution is 2.22. The minimum atomic E-state index is -0.601. The number of imidazole rings is 1. The van der Waals surface area contributed by atoms with Crippen molar-refractivity contribution in [3.05, 3.63) is 32.4 Å². The zero-order valence-electron chi connectivity index (χ0n) is 9.62. The highest BCUT2D eigenvalue weighted by Gasteiger charge is 2.15. The topological polar surface area (TPSA) is 120 Å². The van der Waals surface area contributed by atoms with Gasteiger partial charge in [0.1, 0.15) is 5.52 Å². The number of fused-ring (bicyclic) bond motifs is 1. The van der Waals surface area contributed by atoms with Crippen molar-refractivity contribution in [3.8, 4) is 11.6 Å². The molecule has 18 heavy (non-hydrogen) atoms. The Morgan fingerprint density at radius 1 is 1.06 bits per heavy atom. The van der Waals surface area contributed by atoms with Gasteiger partial charge in [0, 0.05) is 6.92 Å². The molecular formula is C10H9N5O3. The van der Waals surface area contributed by atoms with Crippen LogP contribution in [0.25, 0.3) is 22.7 Å². The van der Waals surface area contributed by atoms with Gasteiger partial charge in [-0.1, -0.05) is 0 Å². The molecule has 0 unspecified atom stereocenters. The maximum atomic E-state index is 11.5. The predicted octanol–water partition coefficient (Wildman–Crippen LogP) is 0.211. The third-order valence-electron chi connectivity index (χ3n) is 2.51. The summed E-state index contributed by atoms with van der Waals surface area (Å²) >= 11 is 0. The molecule has 3 aromatic rings. The molecule has 0 radical (unpaired) electrons. The van der Waals surface area contributed by atoms with Crippen molar-refractivity contribution in [1.29, 1.82) is 0 Å². The third-order valence-corrected chi connectivity index (χ3v) is 2.51. The number of nitrogens with one attached hydrogen (secondary N) is 3. The fourth-order valence-electron chi connectivity index (χ4n) is 1.79. The second-order valence-corrected chi connectivity index (χ2v) is 3.86. The first-order valence-electron chi connectivity index (χ1n) is 5.21. The van der Waals surface area contributed by atoms with Gasteiger partial charge in [-0.25, -0.2) is 14.8 Å². The van der Waals surface area contributed by atoms with E-state index < -0.39 is 11.2 Å². The molecule has 3 heterocycles. The van der Waals surface area contributed by atoms with Gasteiger partial charge in [0.05, 0.1) is 5.69 Å². The average Bonchev–Trinajstić information content (AvgIpc) is 2.81. The van der Waals surface area contributed by atoms with E-state index >= 15 is 0 Å². The Kier molecular flexibility index (Phi) is 2.00. The van der Waals surface area contributed by atoms with Gasteiger partial charge in [0.2, 0.25) is 0 Å². The first kappa shape index (κ1) is 10.5. The molecule has 3 N–H and O–H groups in total. The fraction of sp³-hybridized carbons (Fsp3) is 0.200. The van der Waals surface area contributed by atoms with Crippen LogP contribution in [0.3, 0.4) is 0 Å². The van der Waals surface area contributed by atoms with Crippen LogP contribution >= 0.6 is 0 Å². The summed E-state index contributed by atoms with van der Waals surface area (Å²) < 4.78 is 5.39. The summed E-state index contributed by atoms with van der Waals surface area (Å²) in [5.41, 5.74) is -0.0898. The van der Waals surface area contributed by atoms with Gasteiger partial charge in [-0.15, -0.1) is 0 Å². The lowest BCUT2D eigenvalue weighted by Gasteiger charge is -1.89. The Morgan fingerprint density at radius 2 is 1.83 bits per heavy atom. The number of aryl methyl sites for hydroxylation is 2. The maximum Gasteiger partial charge on any atom is 0.327 e. The predicted molar refractivity (Wildman–Crippen MR) is 62.3 cm³/mol. The van der Waals surface area contributed by atoms with Gasteiger partial charge >= 0.3 is 5.69 Å². The molecule has 0 saturated carbocycles. The van der Waals surface area contributed by atoms with E-state index in [1.807, 2.05) is 0 Å². The SMILES string of the molecule is Cc1nc(C)c(-c2nc3[nH]c(=O)[nH]c(=O)c3[nH]2)o1. The zero-order valence-corrected chi connectivity index (χ0v) is 9.62. The highest BCUT2D eigenvalue weighted by atomic mass is 16.4. The Bertz CT molecular complexity index is 850. The van der Waals surface area contributed by atoms with E-state index in [2.05, 4.69) is 24.9 Å². The smallest absolute Gasteiger partial charge is 0.327 e. The van der Waals surface area contributed by atoms with Crippen molar-refractivity contribution < 1.29 is 4.42 Å². The van der Waals surface area contributed by atoms with Crippen LogP contribution in [0.15, 0.2) is 14.0 Å². The van der Waals surface area contributed by atoms with Gasteiger partial charge in [-0.2, -0.15) is 0 Å². The van der Waals surface area contributed by atoms with E-state index in [0.717, 1.165) is 0 Å². The van der Waals surface area contributed by atoms with E-state index in [4.69, 9.17) is 4.42 Å². The number of hydrogen-bond donors (Lipinski definition) is 3. The average molecular weight is 247 g/mol. The minimum absolute atomic E-state index is 0.187. The lowest BCUT2D eigenvalue weighted by Crippen LogP contribution is -2.21. The Hall–Kier alpha value is -2.64. The molecule has 0 amide bonds. The second-order valence-electron chi connectivity index (χ2n) is 3.86. The van der Waals surface area contributed by atoms with Crippen LogP contribution in [-0.2, 0) is 0 Å². The molecule has 8 nitrogen and oxygen atoms in total. The summed E-state index contributed by atoms with van der Waals surface area (Å²) in [4.78, 5) is 38.2. The Balaban J connectivity index is 2.32. The number of nitrogens with zero attached hydrogens (tertiary/aromatic N) is 2. The van der Waals surface area contributed by atoms with E-state index in [9.17, 15) is 9.59 Å². The molecule has 3 rings (SSSR count). The van der Waals surface area contributed by atoms with E-state index in [0.29, 0.717) is 23.2 Å². The summed E-state index contributed by atoms with van der Waals surface area (Å²) in [7, 11) is 0. The zero-order chi connectivity index (χ0) is 12.9. The third kappa shape index (κ3) is 1.46. The standard InChI is InChI=1S/C10H9N5O3/c1-3-6(18-4(2)11-3)8-12-5-7(13-8)14-10(17)15-9(5)16/h1-2H3,(H3,12,13,14,15,16,17). The number of H-pyrrole nitrogens is 3. The highest BCUT2D eigenvalue weighted by molar-refractivity contribution is 5.73. The van der Waals surface area contributed by atoms with Gasteiger partial charge in [-0.05, 0) is 6.92 Å². The Morgan fingerprint density at radius 3 is 2.50 bits per heavy atom. The van der Waals surface area contributed by atoms with E-state index in [1.54, 1.807) is 13.8 Å². The second kappa shape index (κ2) is 3.42. The summed E-state index contributed by atoms with van der Waals surface area (Å²) in [5, 5.41) is 0. The molecule has 0 spiro atoms. The molecule has 0 saturated heterocycles. The first-order valence-corrected chi connectivity index (χ1v) is 5.21. The normalized spacial score (nSPS) is 11.2. The lowest BCUT2D eigenvalue weighted by molar-refractivity contribution is 0.531. The molecule has 3 aromatic heterocycles. The number of hydrogen-bond acceptors (Lipinski definition) is 5. The van der Waals surface area contributed by atoms with Crippen LogP contribution in [0.5, 0.6) is 0 Å².